The molecule has 7 heteroatoms. The Labute approximate surface area is 164 Å². The molecule has 4 rings (SSSR count). The highest BCUT2D eigenvalue weighted by molar-refractivity contribution is 7.95. The van der Waals surface area contributed by atoms with Crippen molar-refractivity contribution in [1.82, 2.24) is 4.90 Å². The second kappa shape index (κ2) is 7.07. The number of rotatable bonds is 4. The first-order chi connectivity index (χ1) is 13.4. The van der Waals surface area contributed by atoms with E-state index in [0.717, 1.165) is 11.1 Å². The average Bonchev–Trinajstić information content (AvgIpc) is 3.09. The molecule has 2 aliphatic rings. The predicted octanol–water partition coefficient (Wildman–Crippen LogP) is 3.59. The van der Waals surface area contributed by atoms with Gasteiger partial charge in [0.25, 0.3) is 0 Å². The zero-order valence-corrected chi connectivity index (χ0v) is 16.5. The number of ether oxygens (including phenoxy) is 2. The highest BCUT2D eigenvalue weighted by atomic mass is 32.2. The number of allylic oxidation sites excluding steroid dienone is 1. The largest absolute Gasteiger partial charge is 0.443 e. The first-order valence-corrected chi connectivity index (χ1v) is 10.5. The van der Waals surface area contributed by atoms with Crippen molar-refractivity contribution in [2.24, 2.45) is 0 Å². The fraction of sp³-hybridized carbons (Fsp3) is 0.286. The van der Waals surface area contributed by atoms with Gasteiger partial charge in [-0.1, -0.05) is 48.0 Å². The van der Waals surface area contributed by atoms with Gasteiger partial charge in [-0.15, -0.1) is 0 Å². The van der Waals surface area contributed by atoms with Crippen LogP contribution < -0.4 is 0 Å². The summed E-state index contributed by atoms with van der Waals surface area (Å²) in [6.07, 6.45) is -0.968. The maximum Gasteiger partial charge on any atom is 0.416 e. The molecule has 0 unspecified atom stereocenters. The lowest BCUT2D eigenvalue weighted by atomic mass is 9.90. The fourth-order valence-electron chi connectivity index (χ4n) is 3.83. The van der Waals surface area contributed by atoms with Crippen molar-refractivity contribution in [3.63, 3.8) is 0 Å². The number of nitrogens with zero attached hydrogens (tertiary/aromatic N) is 1. The second-order valence-electron chi connectivity index (χ2n) is 6.96. The number of amides is 1. The SMILES string of the molecule is CO[C@@H]1[C@H](c2ccccc2)CC(S(=O)(=O)c2ccc(C)cc2)=C2COC(=O)N21. The van der Waals surface area contributed by atoms with E-state index in [1.807, 2.05) is 37.3 Å². The summed E-state index contributed by atoms with van der Waals surface area (Å²) in [7, 11) is -2.26. The molecule has 2 heterocycles. The van der Waals surface area contributed by atoms with Crippen molar-refractivity contribution in [3.05, 3.63) is 76.3 Å². The number of fused-ring (bicyclic) bond motifs is 1. The van der Waals surface area contributed by atoms with Gasteiger partial charge in [0.05, 0.1) is 15.5 Å². The summed E-state index contributed by atoms with van der Waals surface area (Å²) in [6.45, 7) is 1.83. The van der Waals surface area contributed by atoms with Crippen LogP contribution in [0.3, 0.4) is 0 Å². The molecule has 0 spiro atoms. The normalized spacial score (nSPS) is 22.2. The predicted molar refractivity (Wildman–Crippen MR) is 103 cm³/mol. The van der Waals surface area contributed by atoms with E-state index in [4.69, 9.17) is 9.47 Å². The molecule has 1 amide bonds. The van der Waals surface area contributed by atoms with E-state index in [1.165, 1.54) is 12.0 Å². The zero-order chi connectivity index (χ0) is 19.9. The standard InChI is InChI=1S/C21H21NO5S/c1-14-8-10-16(11-9-14)28(24,25)19-12-17(15-6-4-3-5-7-15)20(26-2)22-18(19)13-27-21(22)23/h3-11,17,20H,12-13H2,1-2H3/t17-,20+/m0/s1. The van der Waals surface area contributed by atoms with Gasteiger partial charge < -0.3 is 9.47 Å². The van der Waals surface area contributed by atoms with Crippen LogP contribution in [0, 0.1) is 6.92 Å². The number of carbonyl (C=O) groups is 1. The molecule has 0 radical (unpaired) electrons. The molecule has 6 nitrogen and oxygen atoms in total. The molecule has 0 aromatic heterocycles. The minimum Gasteiger partial charge on any atom is -0.443 e. The zero-order valence-electron chi connectivity index (χ0n) is 15.7. The first-order valence-electron chi connectivity index (χ1n) is 9.01. The summed E-state index contributed by atoms with van der Waals surface area (Å²) in [5, 5.41) is 0. The van der Waals surface area contributed by atoms with Crippen molar-refractivity contribution in [1.29, 1.82) is 0 Å². The Balaban J connectivity index is 1.86. The molecule has 0 saturated carbocycles. The van der Waals surface area contributed by atoms with Crippen molar-refractivity contribution in [2.75, 3.05) is 13.7 Å². The fourth-order valence-corrected chi connectivity index (χ4v) is 5.47. The van der Waals surface area contributed by atoms with Gasteiger partial charge in [0.2, 0.25) is 9.84 Å². The molecule has 2 aliphatic heterocycles. The molecular formula is C21H21NO5S. The Bertz CT molecular complexity index is 1030. The van der Waals surface area contributed by atoms with Crippen LogP contribution in [-0.4, -0.2) is 39.4 Å². The molecule has 28 heavy (non-hydrogen) atoms. The van der Waals surface area contributed by atoms with Gasteiger partial charge in [-0.2, -0.15) is 0 Å². The molecule has 0 aliphatic carbocycles. The lowest BCUT2D eigenvalue weighted by molar-refractivity contribution is -0.0160. The number of benzene rings is 2. The van der Waals surface area contributed by atoms with Crippen LogP contribution in [-0.2, 0) is 19.3 Å². The van der Waals surface area contributed by atoms with Gasteiger partial charge in [-0.3, -0.25) is 0 Å². The number of hydrogen-bond donors (Lipinski definition) is 0. The minimum absolute atomic E-state index is 0.0688. The molecule has 2 aromatic carbocycles. The molecule has 146 valence electrons. The van der Waals surface area contributed by atoms with Gasteiger partial charge in [0.1, 0.15) is 12.8 Å². The van der Waals surface area contributed by atoms with Crippen molar-refractivity contribution in [2.45, 2.75) is 30.4 Å². The minimum atomic E-state index is -3.78. The van der Waals surface area contributed by atoms with Gasteiger partial charge >= 0.3 is 6.09 Å². The second-order valence-corrected chi connectivity index (χ2v) is 8.93. The maximum absolute atomic E-state index is 13.4. The van der Waals surface area contributed by atoms with Crippen LogP contribution >= 0.6 is 0 Å². The van der Waals surface area contributed by atoms with Crippen LogP contribution in [0.5, 0.6) is 0 Å². The van der Waals surface area contributed by atoms with Gasteiger partial charge in [0, 0.05) is 13.0 Å². The molecule has 1 saturated heterocycles. The number of cyclic esters (lactones) is 1. The van der Waals surface area contributed by atoms with Crippen molar-refractivity contribution >= 4 is 15.9 Å². The quantitative estimate of drug-likeness (QED) is 0.786. The summed E-state index contributed by atoms with van der Waals surface area (Å²) in [6, 6.07) is 16.2. The first kappa shape index (κ1) is 18.7. The Kier molecular flexibility index (Phi) is 4.72. The molecule has 1 fully saturated rings. The molecule has 0 N–H and O–H groups in total. The molecular weight excluding hydrogens is 378 g/mol. The van der Waals surface area contributed by atoms with Gasteiger partial charge in [-0.05, 0) is 31.0 Å². The Morgan fingerprint density at radius 3 is 2.39 bits per heavy atom. The lowest BCUT2D eigenvalue weighted by Gasteiger charge is -2.38. The topological polar surface area (TPSA) is 72.9 Å². The maximum atomic E-state index is 13.4. The Morgan fingerprint density at radius 2 is 1.75 bits per heavy atom. The lowest BCUT2D eigenvalue weighted by Crippen LogP contribution is -2.45. The summed E-state index contributed by atoms with van der Waals surface area (Å²) in [5.74, 6) is -0.323. The average molecular weight is 399 g/mol. The summed E-state index contributed by atoms with van der Waals surface area (Å²) in [5.41, 5.74) is 2.25. The third kappa shape index (κ3) is 3.00. The third-order valence-corrected chi connectivity index (χ3v) is 7.21. The third-order valence-electron chi connectivity index (χ3n) is 5.27. The molecule has 2 atom stereocenters. The van der Waals surface area contributed by atoms with E-state index >= 15 is 0 Å². The molecule has 2 aromatic rings. The van der Waals surface area contributed by atoms with E-state index in [9.17, 15) is 13.2 Å². The van der Waals surface area contributed by atoms with E-state index in [2.05, 4.69) is 0 Å². The van der Waals surface area contributed by atoms with E-state index in [-0.39, 0.29) is 28.7 Å². The van der Waals surface area contributed by atoms with Crippen LogP contribution in [0.4, 0.5) is 4.79 Å². The smallest absolute Gasteiger partial charge is 0.416 e. The highest BCUT2D eigenvalue weighted by Gasteiger charge is 2.47. The summed E-state index contributed by atoms with van der Waals surface area (Å²) < 4.78 is 37.7. The number of aryl methyl sites for hydroxylation is 1. The number of carbonyl (C=O) groups excluding carboxylic acids is 1. The van der Waals surface area contributed by atoms with Crippen molar-refractivity contribution in [3.8, 4) is 0 Å². The monoisotopic (exact) mass is 399 g/mol. The van der Waals surface area contributed by atoms with Crippen LogP contribution in [0.15, 0.2) is 70.1 Å². The molecule has 0 bridgehead atoms. The Hall–Kier alpha value is -2.64. The van der Waals surface area contributed by atoms with Gasteiger partial charge in [0.15, 0.2) is 0 Å². The number of hydrogen-bond acceptors (Lipinski definition) is 5. The van der Waals surface area contributed by atoms with Crippen LogP contribution in [0.25, 0.3) is 0 Å². The van der Waals surface area contributed by atoms with E-state index in [1.54, 1.807) is 24.3 Å². The van der Waals surface area contributed by atoms with E-state index < -0.39 is 22.2 Å². The van der Waals surface area contributed by atoms with Crippen molar-refractivity contribution < 1.29 is 22.7 Å². The number of methoxy groups -OCH3 is 1. The summed E-state index contributed by atoms with van der Waals surface area (Å²) >= 11 is 0. The van der Waals surface area contributed by atoms with Crippen LogP contribution in [0.1, 0.15) is 23.5 Å². The van der Waals surface area contributed by atoms with E-state index in [0.29, 0.717) is 5.70 Å². The number of sulfone groups is 1. The summed E-state index contributed by atoms with van der Waals surface area (Å²) in [4.78, 5) is 14.2. The van der Waals surface area contributed by atoms with Crippen LogP contribution in [0.2, 0.25) is 0 Å². The Morgan fingerprint density at radius 1 is 1.07 bits per heavy atom. The van der Waals surface area contributed by atoms with Gasteiger partial charge in [-0.25, -0.2) is 18.1 Å². The highest BCUT2D eigenvalue weighted by Crippen LogP contribution is 2.44.